The maximum absolute atomic E-state index is 14.9. The summed E-state index contributed by atoms with van der Waals surface area (Å²) >= 11 is 0. The van der Waals surface area contributed by atoms with Crippen LogP contribution in [0.3, 0.4) is 0 Å². The van der Waals surface area contributed by atoms with Crippen LogP contribution in [0.2, 0.25) is 0 Å². The summed E-state index contributed by atoms with van der Waals surface area (Å²) in [5.74, 6) is -3.80. The molecule has 4 fully saturated rings. The first kappa shape index (κ1) is 55.5. The smallest absolute Gasteiger partial charge is 0.331 e. The highest BCUT2D eigenvalue weighted by Gasteiger charge is 2.54. The van der Waals surface area contributed by atoms with Crippen LogP contribution in [0.4, 0.5) is 0 Å². The lowest BCUT2D eigenvalue weighted by Crippen LogP contribution is -2.65. The maximum atomic E-state index is 14.9. The summed E-state index contributed by atoms with van der Waals surface area (Å²) in [5.41, 5.74) is -1.15. The number of methoxy groups -OCH3 is 1. The number of rotatable bonds is 14. The van der Waals surface area contributed by atoms with Crippen LogP contribution >= 0.6 is 0 Å². The van der Waals surface area contributed by atoms with E-state index in [0.717, 1.165) is 18.2 Å². The molecule has 0 aliphatic carbocycles. The molecule has 26 heteroatoms. The van der Waals surface area contributed by atoms with Gasteiger partial charge in [0.05, 0.1) is 32.0 Å². The molecule has 0 spiro atoms. The average molecular weight is 1060 g/mol. The molecular weight excluding hydrogens is 1000 g/mol. The molecule has 5 heterocycles. The summed E-state index contributed by atoms with van der Waals surface area (Å²) in [6.45, 7) is 3.31. The largest absolute Gasteiger partial charge is 0.508 e. The topological polar surface area (TPSA) is 403 Å². The summed E-state index contributed by atoms with van der Waals surface area (Å²) in [7, 11) is 1.31. The van der Waals surface area contributed by atoms with Gasteiger partial charge in [-0.2, -0.15) is 0 Å². The summed E-state index contributed by atoms with van der Waals surface area (Å²) in [6.07, 6.45) is -32.1. The van der Waals surface area contributed by atoms with Crippen LogP contribution in [0, 0.1) is 0 Å². The number of fused-ring (bicyclic) bond motifs is 1. The van der Waals surface area contributed by atoms with Crippen LogP contribution in [0.1, 0.15) is 26.3 Å². The standard InChI is InChI=1S/C49H58O26/c1-17-31(54)35(58)38(61)46(67-17)66-16-28-43(73-29(53)12-6-20-5-11-24(51)26(13-20)65-4)41(64)45(75-48-40(63)37(60)33(56)19(3)69-48)49(72-28)74-44-34(57)30-25(52)14-23(70-47-39(62)36(59)32(55)18(2)68-47)15-27(30)71-42(44)21-7-9-22(50)10-8-21/h5-15,17-19,28,31-33,35-41,43,45-52,54-56,58-64H,16H2,1-4H3/b12-6+/t17-,18-,19-,28+,31-,32-,33-,35+,36+,37+,38+,39+,40+,41-,43-,45+,46+,47-,48-,49-/m0/s1. The Hall–Kier alpha value is -5.76. The van der Waals surface area contributed by atoms with Crippen molar-refractivity contribution in [3.63, 3.8) is 0 Å². The van der Waals surface area contributed by atoms with E-state index >= 15 is 0 Å². The molecule has 4 aromatic rings. The van der Waals surface area contributed by atoms with E-state index in [2.05, 4.69) is 0 Å². The second kappa shape index (κ2) is 22.8. The van der Waals surface area contributed by atoms with E-state index in [1.165, 1.54) is 76.4 Å². The molecule has 410 valence electrons. The van der Waals surface area contributed by atoms with E-state index in [-0.39, 0.29) is 34.1 Å². The van der Waals surface area contributed by atoms with Gasteiger partial charge in [0.25, 0.3) is 0 Å². The molecule has 75 heavy (non-hydrogen) atoms. The van der Waals surface area contributed by atoms with E-state index < -0.39 is 163 Å². The average Bonchev–Trinajstić information content (AvgIpc) is 3.38. The minimum absolute atomic E-state index is 0.0263. The van der Waals surface area contributed by atoms with Crippen molar-refractivity contribution in [2.75, 3.05) is 13.7 Å². The van der Waals surface area contributed by atoms with Crippen molar-refractivity contribution in [1.29, 1.82) is 0 Å². The highest BCUT2D eigenvalue weighted by Crippen LogP contribution is 2.40. The number of esters is 1. The molecule has 4 saturated heterocycles. The van der Waals surface area contributed by atoms with Crippen LogP contribution in [0.25, 0.3) is 28.4 Å². The van der Waals surface area contributed by atoms with E-state index in [4.69, 9.17) is 51.8 Å². The third-order valence-electron chi connectivity index (χ3n) is 13.1. The van der Waals surface area contributed by atoms with Crippen molar-refractivity contribution < 1.29 is 123 Å². The molecule has 4 aliphatic heterocycles. The highest BCUT2D eigenvalue weighted by molar-refractivity contribution is 5.89. The molecule has 0 bridgehead atoms. The van der Waals surface area contributed by atoms with E-state index in [1.807, 2.05) is 0 Å². The number of hydrogen-bond donors (Lipinski definition) is 13. The SMILES string of the molecule is COc1cc(/C=C/C(=O)O[C@@H]2[C@H](O)[C@@H](O[C@@H]3O[C@@H](C)[C@H](O)[C@@H](O)[C@H]3O)[C@H](Oc3c(-c4ccc(O)cc4)oc4cc(O[C@@H]5O[C@@H](C)[C@H](O)[C@@H](O)[C@H]5O)cc(O)c4c3=O)O[C@@H]2CO[C@@H]2O[C@@H](C)[C@H](O)[C@@H](O)[C@H]2O)ccc1O. The Bertz CT molecular complexity index is 2710. The highest BCUT2D eigenvalue weighted by atomic mass is 16.8. The van der Waals surface area contributed by atoms with Gasteiger partial charge in [-0.1, -0.05) is 6.07 Å². The van der Waals surface area contributed by atoms with E-state index in [0.29, 0.717) is 5.56 Å². The minimum Gasteiger partial charge on any atom is -0.508 e. The number of phenolic OH excluding ortho intramolecular Hbond substituents is 3. The van der Waals surface area contributed by atoms with Crippen LogP contribution in [0.15, 0.2) is 69.9 Å². The van der Waals surface area contributed by atoms with E-state index in [9.17, 15) is 76.0 Å². The molecule has 13 N–H and O–H groups in total. The van der Waals surface area contributed by atoms with Crippen molar-refractivity contribution in [1.82, 2.24) is 0 Å². The predicted molar refractivity (Wildman–Crippen MR) is 249 cm³/mol. The quantitative estimate of drug-likeness (QED) is 0.0477. The van der Waals surface area contributed by atoms with Crippen molar-refractivity contribution in [3.8, 4) is 45.8 Å². The molecule has 0 unspecified atom stereocenters. The number of aromatic hydroxyl groups is 3. The minimum atomic E-state index is -2.18. The molecule has 4 aliphatic rings. The van der Waals surface area contributed by atoms with Gasteiger partial charge in [-0.15, -0.1) is 0 Å². The van der Waals surface area contributed by atoms with Crippen molar-refractivity contribution in [3.05, 3.63) is 76.5 Å². The van der Waals surface area contributed by atoms with Gasteiger partial charge in [-0.05, 0) is 68.8 Å². The van der Waals surface area contributed by atoms with Gasteiger partial charge in [0.2, 0.25) is 23.8 Å². The van der Waals surface area contributed by atoms with Gasteiger partial charge in [0.1, 0.15) is 95.4 Å². The molecule has 8 rings (SSSR count). The van der Waals surface area contributed by atoms with Gasteiger partial charge >= 0.3 is 5.97 Å². The Balaban J connectivity index is 1.20. The first-order valence-corrected chi connectivity index (χ1v) is 23.5. The second-order valence-electron chi connectivity index (χ2n) is 18.4. The van der Waals surface area contributed by atoms with Crippen molar-refractivity contribution in [2.24, 2.45) is 0 Å². The van der Waals surface area contributed by atoms with Gasteiger partial charge in [-0.3, -0.25) is 4.79 Å². The molecule has 20 atom stereocenters. The summed E-state index contributed by atoms with van der Waals surface area (Å²) in [5, 5.41) is 139. The van der Waals surface area contributed by atoms with Gasteiger partial charge < -0.3 is 118 Å². The monoisotopic (exact) mass is 1060 g/mol. The van der Waals surface area contributed by atoms with Crippen molar-refractivity contribution >= 4 is 23.0 Å². The Morgan fingerprint density at radius 1 is 0.613 bits per heavy atom. The zero-order valence-electron chi connectivity index (χ0n) is 40.2. The third kappa shape index (κ3) is 11.5. The zero-order chi connectivity index (χ0) is 54.3. The fraction of sp³-hybridized carbons (Fsp3) is 0.510. The number of carbonyl (C=O) groups excluding carboxylic acids is 1. The zero-order valence-corrected chi connectivity index (χ0v) is 40.2. The fourth-order valence-electron chi connectivity index (χ4n) is 8.77. The maximum Gasteiger partial charge on any atom is 0.331 e. The molecule has 26 nitrogen and oxygen atoms in total. The second-order valence-corrected chi connectivity index (χ2v) is 18.4. The summed E-state index contributed by atoms with van der Waals surface area (Å²) < 4.78 is 64.2. The Morgan fingerprint density at radius 2 is 1.20 bits per heavy atom. The first-order valence-electron chi connectivity index (χ1n) is 23.5. The first-order chi connectivity index (χ1) is 35.6. The number of benzene rings is 3. The molecule has 0 radical (unpaired) electrons. The van der Waals surface area contributed by atoms with Crippen LogP contribution in [-0.2, 0) is 38.0 Å². The number of hydrogen-bond acceptors (Lipinski definition) is 26. The lowest BCUT2D eigenvalue weighted by atomic mass is 9.97. The third-order valence-corrected chi connectivity index (χ3v) is 13.1. The number of carbonyl (C=O) groups is 1. The van der Waals surface area contributed by atoms with E-state index in [1.54, 1.807) is 0 Å². The Morgan fingerprint density at radius 3 is 1.83 bits per heavy atom. The number of ether oxygens (including phenoxy) is 10. The van der Waals surface area contributed by atoms with Gasteiger partial charge in [-0.25, -0.2) is 4.79 Å². The van der Waals surface area contributed by atoms with Crippen molar-refractivity contribution in [2.45, 2.75) is 144 Å². The fourth-order valence-corrected chi connectivity index (χ4v) is 8.77. The number of aliphatic hydroxyl groups excluding tert-OH is 10. The summed E-state index contributed by atoms with van der Waals surface area (Å²) in [4.78, 5) is 28.5. The number of phenols is 3. The van der Waals surface area contributed by atoms with Crippen LogP contribution in [-0.4, -0.2) is 209 Å². The Labute approximate surface area is 424 Å². The van der Waals surface area contributed by atoms with Crippen LogP contribution in [0.5, 0.6) is 34.5 Å². The molecule has 0 amide bonds. The predicted octanol–water partition coefficient (Wildman–Crippen LogP) is -2.06. The molecule has 0 saturated carbocycles. The van der Waals surface area contributed by atoms with Gasteiger partial charge in [0.15, 0.2) is 42.0 Å². The normalized spacial score (nSPS) is 36.3. The molecule has 1 aromatic heterocycles. The molecule has 3 aromatic carbocycles. The lowest BCUT2D eigenvalue weighted by molar-refractivity contribution is -0.360. The number of aliphatic hydroxyl groups is 10. The molecular formula is C49H58O26. The van der Waals surface area contributed by atoms with Crippen LogP contribution < -0.4 is 19.6 Å². The Kier molecular flexibility index (Phi) is 16.9. The summed E-state index contributed by atoms with van der Waals surface area (Å²) in [6, 6.07) is 11.2. The van der Waals surface area contributed by atoms with Gasteiger partial charge in [0, 0.05) is 23.8 Å². The lowest BCUT2D eigenvalue weighted by Gasteiger charge is -2.47.